The van der Waals surface area contributed by atoms with E-state index in [1.165, 1.54) is 36.2 Å². The Morgan fingerprint density at radius 2 is 2.14 bits per heavy atom. The standard InChI is InChI=1S/C18H23N3O/c1-2-6-14(7-3-1)18-19-16-9-10-21(13-17(16)20-18)12-15-8-4-5-11-22-15/h1-3,6-7,15H,4-5,8-13H2,(H,19,20)/t15-/m0/s1. The summed E-state index contributed by atoms with van der Waals surface area (Å²) in [6.45, 7) is 4.05. The highest BCUT2D eigenvalue weighted by atomic mass is 16.5. The molecule has 4 heteroatoms. The summed E-state index contributed by atoms with van der Waals surface area (Å²) >= 11 is 0. The minimum absolute atomic E-state index is 0.423. The highest BCUT2D eigenvalue weighted by Gasteiger charge is 2.24. The first-order chi connectivity index (χ1) is 10.9. The number of fused-ring (bicyclic) bond motifs is 1. The van der Waals surface area contributed by atoms with Crippen LogP contribution in [-0.4, -0.2) is 40.7 Å². The largest absolute Gasteiger partial charge is 0.377 e. The van der Waals surface area contributed by atoms with Crippen LogP contribution in [0.3, 0.4) is 0 Å². The third kappa shape index (κ3) is 2.94. The van der Waals surface area contributed by atoms with Gasteiger partial charge in [0.15, 0.2) is 0 Å². The van der Waals surface area contributed by atoms with Gasteiger partial charge in [0.25, 0.3) is 0 Å². The Hall–Kier alpha value is -1.65. The number of nitrogens with one attached hydrogen (secondary N) is 1. The van der Waals surface area contributed by atoms with Crippen LogP contribution in [-0.2, 0) is 17.7 Å². The second-order valence-electron chi connectivity index (χ2n) is 6.35. The van der Waals surface area contributed by atoms with Gasteiger partial charge in [-0.3, -0.25) is 4.90 Å². The van der Waals surface area contributed by atoms with E-state index >= 15 is 0 Å². The molecule has 1 aromatic heterocycles. The van der Waals surface area contributed by atoms with Gasteiger partial charge in [-0.15, -0.1) is 0 Å². The van der Waals surface area contributed by atoms with Gasteiger partial charge in [-0.05, 0) is 19.3 Å². The minimum atomic E-state index is 0.423. The number of benzene rings is 1. The number of imidazole rings is 1. The van der Waals surface area contributed by atoms with Crippen molar-refractivity contribution in [2.24, 2.45) is 0 Å². The maximum atomic E-state index is 5.88. The fourth-order valence-corrected chi connectivity index (χ4v) is 3.48. The van der Waals surface area contributed by atoms with Crippen molar-refractivity contribution in [2.45, 2.75) is 38.3 Å². The number of hydrogen-bond acceptors (Lipinski definition) is 3. The van der Waals surface area contributed by atoms with Crippen LogP contribution in [0.25, 0.3) is 11.4 Å². The van der Waals surface area contributed by atoms with E-state index in [-0.39, 0.29) is 0 Å². The topological polar surface area (TPSA) is 41.2 Å². The first-order valence-corrected chi connectivity index (χ1v) is 8.35. The molecule has 0 spiro atoms. The zero-order valence-electron chi connectivity index (χ0n) is 12.9. The molecule has 1 N–H and O–H groups in total. The van der Waals surface area contributed by atoms with Gasteiger partial charge in [0.1, 0.15) is 5.82 Å². The Bertz CT molecular complexity index is 617. The third-order valence-corrected chi connectivity index (χ3v) is 4.69. The highest BCUT2D eigenvalue weighted by molar-refractivity contribution is 5.55. The molecule has 2 aliphatic heterocycles. The van der Waals surface area contributed by atoms with Gasteiger partial charge in [-0.2, -0.15) is 0 Å². The van der Waals surface area contributed by atoms with Crippen LogP contribution in [0.15, 0.2) is 30.3 Å². The van der Waals surface area contributed by atoms with Crippen molar-refractivity contribution in [3.05, 3.63) is 41.7 Å². The fourth-order valence-electron chi connectivity index (χ4n) is 3.48. The van der Waals surface area contributed by atoms with E-state index in [0.717, 1.165) is 38.5 Å². The lowest BCUT2D eigenvalue weighted by Crippen LogP contribution is -2.38. The van der Waals surface area contributed by atoms with Crippen molar-refractivity contribution in [3.63, 3.8) is 0 Å². The van der Waals surface area contributed by atoms with Gasteiger partial charge in [0.05, 0.1) is 17.5 Å². The number of aromatic nitrogens is 2. The summed E-state index contributed by atoms with van der Waals surface area (Å²) in [7, 11) is 0. The highest BCUT2D eigenvalue weighted by Crippen LogP contribution is 2.23. The average molecular weight is 297 g/mol. The molecule has 0 aliphatic carbocycles. The maximum absolute atomic E-state index is 5.88. The summed E-state index contributed by atoms with van der Waals surface area (Å²) in [5.74, 6) is 1.00. The number of ether oxygens (including phenoxy) is 1. The molecule has 0 bridgehead atoms. The molecule has 0 radical (unpaired) electrons. The Kier molecular flexibility index (Phi) is 3.95. The van der Waals surface area contributed by atoms with Crippen molar-refractivity contribution in [1.82, 2.24) is 14.9 Å². The van der Waals surface area contributed by atoms with Crippen molar-refractivity contribution in [3.8, 4) is 11.4 Å². The fraction of sp³-hybridized carbons (Fsp3) is 0.500. The lowest BCUT2D eigenvalue weighted by Gasteiger charge is -2.31. The molecule has 1 fully saturated rings. The molecular weight excluding hydrogens is 274 g/mol. The SMILES string of the molecule is c1ccc(-c2nc3c([nH]2)CN(C[C@@H]2CCCCO2)CC3)cc1. The molecule has 0 unspecified atom stereocenters. The molecule has 3 heterocycles. The molecule has 0 saturated carbocycles. The van der Waals surface area contributed by atoms with Crippen LogP contribution < -0.4 is 0 Å². The molecule has 2 aliphatic rings. The molecule has 116 valence electrons. The zero-order chi connectivity index (χ0) is 14.8. The van der Waals surface area contributed by atoms with Crippen molar-refractivity contribution >= 4 is 0 Å². The van der Waals surface area contributed by atoms with E-state index in [9.17, 15) is 0 Å². The Morgan fingerprint density at radius 1 is 1.23 bits per heavy atom. The summed E-state index contributed by atoms with van der Waals surface area (Å²) in [6, 6.07) is 10.4. The molecule has 22 heavy (non-hydrogen) atoms. The lowest BCUT2D eigenvalue weighted by molar-refractivity contribution is -0.00826. The second-order valence-corrected chi connectivity index (χ2v) is 6.35. The first-order valence-electron chi connectivity index (χ1n) is 8.35. The number of hydrogen-bond donors (Lipinski definition) is 1. The van der Waals surface area contributed by atoms with Gasteiger partial charge in [-0.25, -0.2) is 4.98 Å². The van der Waals surface area contributed by atoms with Crippen LogP contribution in [0.4, 0.5) is 0 Å². The molecule has 4 rings (SSSR count). The molecule has 4 nitrogen and oxygen atoms in total. The minimum Gasteiger partial charge on any atom is -0.377 e. The summed E-state index contributed by atoms with van der Waals surface area (Å²) < 4.78 is 5.88. The Balaban J connectivity index is 1.45. The Labute approximate surface area is 131 Å². The van der Waals surface area contributed by atoms with Gasteiger partial charge < -0.3 is 9.72 Å². The summed E-state index contributed by atoms with van der Waals surface area (Å²) in [5, 5.41) is 0. The van der Waals surface area contributed by atoms with Crippen molar-refractivity contribution in [2.75, 3.05) is 19.7 Å². The van der Waals surface area contributed by atoms with Crippen LogP contribution in [0.5, 0.6) is 0 Å². The molecule has 1 saturated heterocycles. The number of aromatic amines is 1. The van der Waals surface area contributed by atoms with Crippen LogP contribution in [0, 0.1) is 0 Å². The summed E-state index contributed by atoms with van der Waals surface area (Å²) in [6.07, 6.45) is 5.20. The first kappa shape index (κ1) is 14.0. The average Bonchev–Trinajstić information content (AvgIpc) is 3.00. The van der Waals surface area contributed by atoms with Gasteiger partial charge in [0, 0.05) is 38.2 Å². The Morgan fingerprint density at radius 3 is 2.95 bits per heavy atom. The zero-order valence-corrected chi connectivity index (χ0v) is 12.9. The lowest BCUT2D eigenvalue weighted by atomic mass is 10.1. The van der Waals surface area contributed by atoms with Crippen LogP contribution in [0.2, 0.25) is 0 Å². The van der Waals surface area contributed by atoms with E-state index in [1.807, 2.05) is 6.07 Å². The van der Waals surface area contributed by atoms with Crippen LogP contribution in [0.1, 0.15) is 30.7 Å². The molecule has 2 aromatic rings. The van der Waals surface area contributed by atoms with Crippen LogP contribution >= 0.6 is 0 Å². The molecule has 0 amide bonds. The van der Waals surface area contributed by atoms with Gasteiger partial charge in [0.2, 0.25) is 0 Å². The smallest absolute Gasteiger partial charge is 0.137 e. The predicted molar refractivity (Wildman–Crippen MR) is 86.6 cm³/mol. The monoisotopic (exact) mass is 297 g/mol. The van der Waals surface area contributed by atoms with E-state index in [2.05, 4.69) is 34.1 Å². The number of rotatable bonds is 3. The normalized spacial score (nSPS) is 22.5. The van der Waals surface area contributed by atoms with Crippen molar-refractivity contribution in [1.29, 1.82) is 0 Å². The molecule has 1 aromatic carbocycles. The van der Waals surface area contributed by atoms with E-state index in [1.54, 1.807) is 0 Å². The van der Waals surface area contributed by atoms with E-state index < -0.39 is 0 Å². The summed E-state index contributed by atoms with van der Waals surface area (Å²) in [5.41, 5.74) is 3.68. The third-order valence-electron chi connectivity index (χ3n) is 4.69. The number of nitrogens with zero attached hydrogens (tertiary/aromatic N) is 2. The van der Waals surface area contributed by atoms with E-state index in [0.29, 0.717) is 6.10 Å². The van der Waals surface area contributed by atoms with E-state index in [4.69, 9.17) is 9.72 Å². The summed E-state index contributed by atoms with van der Waals surface area (Å²) in [4.78, 5) is 10.8. The predicted octanol–water partition coefficient (Wildman–Crippen LogP) is 3.00. The maximum Gasteiger partial charge on any atom is 0.137 e. The number of H-pyrrole nitrogens is 1. The van der Waals surface area contributed by atoms with Gasteiger partial charge in [-0.1, -0.05) is 30.3 Å². The molecule has 1 atom stereocenters. The van der Waals surface area contributed by atoms with Gasteiger partial charge >= 0.3 is 0 Å². The van der Waals surface area contributed by atoms with Crippen molar-refractivity contribution < 1.29 is 4.74 Å². The molecular formula is C18H23N3O. The quantitative estimate of drug-likeness (QED) is 0.947. The second kappa shape index (κ2) is 6.23.